The standard InChI is InChI=1S/C14H29N3O/c1-10(2)12(16(5)6)13(18)17-8-7-11(15)14(3,4)9-17/h10-12H,7-9,15H2,1-6H3. The number of nitrogens with zero attached hydrogens (tertiary/aromatic N) is 2. The molecule has 2 unspecified atom stereocenters. The molecule has 4 nitrogen and oxygen atoms in total. The van der Waals surface area contributed by atoms with Crippen molar-refractivity contribution in [3.63, 3.8) is 0 Å². The van der Waals surface area contributed by atoms with Gasteiger partial charge in [0.25, 0.3) is 0 Å². The molecule has 0 spiro atoms. The largest absolute Gasteiger partial charge is 0.341 e. The summed E-state index contributed by atoms with van der Waals surface area (Å²) >= 11 is 0. The lowest BCUT2D eigenvalue weighted by Gasteiger charge is -2.44. The van der Waals surface area contributed by atoms with Gasteiger partial charge in [-0.3, -0.25) is 9.69 Å². The number of piperidine rings is 1. The Morgan fingerprint density at radius 1 is 1.39 bits per heavy atom. The van der Waals surface area contributed by atoms with Crippen molar-refractivity contribution >= 4 is 5.91 Å². The molecule has 2 N–H and O–H groups in total. The highest BCUT2D eigenvalue weighted by Crippen LogP contribution is 2.28. The molecule has 18 heavy (non-hydrogen) atoms. The fourth-order valence-electron chi connectivity index (χ4n) is 2.85. The number of amides is 1. The first-order valence-corrected chi connectivity index (χ1v) is 6.87. The summed E-state index contributed by atoms with van der Waals surface area (Å²) in [6.45, 7) is 10.1. The monoisotopic (exact) mass is 255 g/mol. The Morgan fingerprint density at radius 3 is 2.33 bits per heavy atom. The van der Waals surface area contributed by atoms with Gasteiger partial charge in [-0.25, -0.2) is 0 Å². The molecule has 0 aromatic heterocycles. The van der Waals surface area contributed by atoms with Crippen LogP contribution in [0.15, 0.2) is 0 Å². The maximum absolute atomic E-state index is 12.6. The lowest BCUT2D eigenvalue weighted by atomic mass is 9.79. The summed E-state index contributed by atoms with van der Waals surface area (Å²) in [6, 6.07) is 0.161. The van der Waals surface area contributed by atoms with Gasteiger partial charge in [-0.05, 0) is 31.8 Å². The van der Waals surface area contributed by atoms with E-state index in [1.54, 1.807) is 0 Å². The van der Waals surface area contributed by atoms with Gasteiger partial charge in [0.1, 0.15) is 0 Å². The first kappa shape index (κ1) is 15.4. The Morgan fingerprint density at radius 2 is 1.94 bits per heavy atom. The Hall–Kier alpha value is -0.610. The van der Waals surface area contributed by atoms with Crippen molar-refractivity contribution in [3.8, 4) is 0 Å². The van der Waals surface area contributed by atoms with Gasteiger partial charge in [0, 0.05) is 19.1 Å². The second-order valence-electron chi connectivity index (χ2n) is 6.80. The summed E-state index contributed by atoms with van der Waals surface area (Å²) in [5, 5.41) is 0. The number of carbonyl (C=O) groups is 1. The molecule has 0 radical (unpaired) electrons. The van der Waals surface area contributed by atoms with Crippen LogP contribution in [0.4, 0.5) is 0 Å². The topological polar surface area (TPSA) is 49.6 Å². The number of likely N-dealkylation sites (tertiary alicyclic amines) is 1. The quantitative estimate of drug-likeness (QED) is 0.823. The zero-order valence-electron chi connectivity index (χ0n) is 12.7. The number of likely N-dealkylation sites (N-methyl/N-ethyl adjacent to an activating group) is 1. The first-order chi connectivity index (χ1) is 8.16. The molecule has 0 aromatic carbocycles. The van der Waals surface area contributed by atoms with Crippen LogP contribution in [0, 0.1) is 11.3 Å². The molecule has 0 aliphatic carbocycles. The zero-order valence-corrected chi connectivity index (χ0v) is 12.7. The Labute approximate surface area is 111 Å². The van der Waals surface area contributed by atoms with Crippen molar-refractivity contribution in [2.75, 3.05) is 27.2 Å². The molecule has 0 aromatic rings. The second-order valence-corrected chi connectivity index (χ2v) is 6.80. The van der Waals surface area contributed by atoms with Crippen LogP contribution >= 0.6 is 0 Å². The van der Waals surface area contributed by atoms with Crippen molar-refractivity contribution in [1.82, 2.24) is 9.80 Å². The predicted octanol–water partition coefficient (Wildman–Crippen LogP) is 1.16. The first-order valence-electron chi connectivity index (χ1n) is 6.87. The van der Waals surface area contributed by atoms with Crippen molar-refractivity contribution in [2.45, 2.75) is 46.2 Å². The van der Waals surface area contributed by atoms with Gasteiger partial charge in [-0.2, -0.15) is 0 Å². The molecule has 1 saturated heterocycles. The van der Waals surface area contributed by atoms with Gasteiger partial charge in [0.2, 0.25) is 5.91 Å². The molecule has 1 amide bonds. The fourth-order valence-corrected chi connectivity index (χ4v) is 2.85. The van der Waals surface area contributed by atoms with Crippen LogP contribution in [-0.2, 0) is 4.79 Å². The molecular weight excluding hydrogens is 226 g/mol. The smallest absolute Gasteiger partial charge is 0.240 e. The van der Waals surface area contributed by atoms with Crippen LogP contribution in [0.2, 0.25) is 0 Å². The van der Waals surface area contributed by atoms with Gasteiger partial charge in [-0.1, -0.05) is 27.7 Å². The molecule has 1 aliphatic rings. The molecule has 0 saturated carbocycles. The predicted molar refractivity (Wildman–Crippen MR) is 75.3 cm³/mol. The molecule has 106 valence electrons. The molecule has 4 heteroatoms. The molecule has 1 aliphatic heterocycles. The van der Waals surface area contributed by atoms with Gasteiger partial charge >= 0.3 is 0 Å². The maximum Gasteiger partial charge on any atom is 0.240 e. The third kappa shape index (κ3) is 3.23. The molecule has 0 bridgehead atoms. The third-order valence-corrected chi connectivity index (χ3v) is 4.06. The number of hydrogen-bond acceptors (Lipinski definition) is 3. The highest BCUT2D eigenvalue weighted by Gasteiger charge is 2.38. The van der Waals surface area contributed by atoms with Crippen LogP contribution < -0.4 is 5.73 Å². The number of carbonyl (C=O) groups excluding carboxylic acids is 1. The highest BCUT2D eigenvalue weighted by molar-refractivity contribution is 5.82. The molecule has 2 atom stereocenters. The summed E-state index contributed by atoms with van der Waals surface area (Å²) in [5.41, 5.74) is 6.14. The average molecular weight is 255 g/mol. The Bertz CT molecular complexity index is 291. The van der Waals surface area contributed by atoms with E-state index >= 15 is 0 Å². The maximum atomic E-state index is 12.6. The van der Waals surface area contributed by atoms with Crippen molar-refractivity contribution < 1.29 is 4.79 Å². The summed E-state index contributed by atoms with van der Waals surface area (Å²) in [5.74, 6) is 0.571. The summed E-state index contributed by atoms with van der Waals surface area (Å²) < 4.78 is 0. The van der Waals surface area contributed by atoms with Crippen LogP contribution in [0.3, 0.4) is 0 Å². The van der Waals surface area contributed by atoms with E-state index in [0.29, 0.717) is 5.92 Å². The molecule has 1 rings (SSSR count). The SMILES string of the molecule is CC(C)C(C(=O)N1CCC(N)C(C)(C)C1)N(C)C. The van der Waals surface area contributed by atoms with Gasteiger partial charge in [0.15, 0.2) is 0 Å². The second kappa shape index (κ2) is 5.57. The summed E-state index contributed by atoms with van der Waals surface area (Å²) in [6.07, 6.45) is 0.900. The normalized spacial score (nSPS) is 25.6. The lowest BCUT2D eigenvalue weighted by Crippen LogP contribution is -2.58. The van der Waals surface area contributed by atoms with Crippen molar-refractivity contribution in [3.05, 3.63) is 0 Å². The van der Waals surface area contributed by atoms with Crippen LogP contribution in [0.1, 0.15) is 34.1 Å². The van der Waals surface area contributed by atoms with E-state index in [2.05, 4.69) is 27.7 Å². The van der Waals surface area contributed by atoms with E-state index in [4.69, 9.17) is 5.73 Å². The number of nitrogens with two attached hydrogens (primary N) is 1. The van der Waals surface area contributed by atoms with E-state index in [0.717, 1.165) is 19.5 Å². The summed E-state index contributed by atoms with van der Waals surface area (Å²) in [7, 11) is 3.95. The molecule has 1 fully saturated rings. The minimum Gasteiger partial charge on any atom is -0.341 e. The fraction of sp³-hybridized carbons (Fsp3) is 0.929. The Balaban J connectivity index is 2.78. The van der Waals surface area contributed by atoms with E-state index in [9.17, 15) is 4.79 Å². The van der Waals surface area contributed by atoms with Crippen molar-refractivity contribution in [2.24, 2.45) is 17.1 Å². The van der Waals surface area contributed by atoms with Crippen LogP contribution in [-0.4, -0.2) is 55.0 Å². The minimum atomic E-state index is -0.0323. The van der Waals surface area contributed by atoms with Crippen LogP contribution in [0.25, 0.3) is 0 Å². The van der Waals surface area contributed by atoms with Crippen molar-refractivity contribution in [1.29, 1.82) is 0 Å². The average Bonchev–Trinajstić information content (AvgIpc) is 2.20. The van der Waals surface area contributed by atoms with E-state index in [1.165, 1.54) is 0 Å². The van der Waals surface area contributed by atoms with E-state index < -0.39 is 0 Å². The number of rotatable bonds is 3. The molecule has 1 heterocycles. The van der Waals surface area contributed by atoms with E-state index in [1.807, 2.05) is 23.9 Å². The summed E-state index contributed by atoms with van der Waals surface area (Å²) in [4.78, 5) is 16.6. The Kier molecular flexibility index (Phi) is 4.78. The highest BCUT2D eigenvalue weighted by atomic mass is 16.2. The van der Waals surface area contributed by atoms with Crippen LogP contribution in [0.5, 0.6) is 0 Å². The third-order valence-electron chi connectivity index (χ3n) is 4.06. The van der Waals surface area contributed by atoms with Gasteiger partial charge in [0.05, 0.1) is 6.04 Å². The van der Waals surface area contributed by atoms with E-state index in [-0.39, 0.29) is 23.4 Å². The number of hydrogen-bond donors (Lipinski definition) is 1. The minimum absolute atomic E-state index is 0.0156. The zero-order chi connectivity index (χ0) is 14.1. The van der Waals surface area contributed by atoms with Gasteiger partial charge < -0.3 is 10.6 Å². The lowest BCUT2D eigenvalue weighted by molar-refractivity contribution is -0.141. The van der Waals surface area contributed by atoms with Gasteiger partial charge in [-0.15, -0.1) is 0 Å². The molecular formula is C14H29N3O.